The Morgan fingerprint density at radius 3 is 1.76 bits per heavy atom. The zero-order valence-corrected chi connectivity index (χ0v) is 15.0. The van der Waals surface area contributed by atoms with Crippen molar-refractivity contribution in [1.82, 2.24) is 9.80 Å². The normalized spacial score (nSPS) is 10.1. The SMILES string of the molecule is CCN(CC)C(=CC(=O)c1ccc(Br)cc1)N(CC)CC. The molecule has 0 saturated heterocycles. The highest BCUT2D eigenvalue weighted by Gasteiger charge is 2.14. The number of hydrogen-bond acceptors (Lipinski definition) is 3. The number of ketones is 1. The van der Waals surface area contributed by atoms with Crippen LogP contribution in [0, 0.1) is 0 Å². The molecule has 1 aromatic carbocycles. The van der Waals surface area contributed by atoms with Crippen LogP contribution in [-0.4, -0.2) is 41.8 Å². The second kappa shape index (κ2) is 8.88. The number of allylic oxidation sites excluding steroid dienone is 1. The molecule has 0 saturated carbocycles. The summed E-state index contributed by atoms with van der Waals surface area (Å²) < 4.78 is 0.982. The van der Waals surface area contributed by atoms with Crippen LogP contribution in [0.4, 0.5) is 0 Å². The van der Waals surface area contributed by atoms with Gasteiger partial charge in [-0.15, -0.1) is 0 Å². The molecule has 0 amide bonds. The first-order chi connectivity index (χ1) is 10.1. The minimum Gasteiger partial charge on any atom is -0.359 e. The third kappa shape index (κ3) is 4.88. The number of nitrogens with zero attached hydrogens (tertiary/aromatic N) is 2. The van der Waals surface area contributed by atoms with E-state index in [1.807, 2.05) is 24.3 Å². The number of halogens is 1. The Labute approximate surface area is 136 Å². The van der Waals surface area contributed by atoms with E-state index in [1.54, 1.807) is 6.08 Å². The smallest absolute Gasteiger partial charge is 0.189 e. The predicted octanol–water partition coefficient (Wildman–Crippen LogP) is 4.16. The van der Waals surface area contributed by atoms with Gasteiger partial charge in [0.15, 0.2) is 5.78 Å². The number of benzene rings is 1. The molecule has 0 aliphatic heterocycles. The summed E-state index contributed by atoms with van der Waals surface area (Å²) >= 11 is 3.39. The summed E-state index contributed by atoms with van der Waals surface area (Å²) in [5, 5.41) is 0. The van der Waals surface area contributed by atoms with Crippen molar-refractivity contribution in [1.29, 1.82) is 0 Å². The molecule has 1 rings (SSSR count). The molecule has 21 heavy (non-hydrogen) atoms. The Balaban J connectivity index is 3.11. The molecule has 0 atom stereocenters. The lowest BCUT2D eigenvalue weighted by molar-refractivity contribution is 0.103. The predicted molar refractivity (Wildman–Crippen MR) is 92.4 cm³/mol. The van der Waals surface area contributed by atoms with Crippen LogP contribution in [0.3, 0.4) is 0 Å². The van der Waals surface area contributed by atoms with Crippen LogP contribution in [0.5, 0.6) is 0 Å². The maximum atomic E-state index is 12.5. The van der Waals surface area contributed by atoms with E-state index in [1.165, 1.54) is 0 Å². The zero-order valence-electron chi connectivity index (χ0n) is 13.4. The van der Waals surface area contributed by atoms with Crippen molar-refractivity contribution in [3.05, 3.63) is 46.2 Å². The van der Waals surface area contributed by atoms with Gasteiger partial charge in [0.25, 0.3) is 0 Å². The molecule has 0 heterocycles. The Morgan fingerprint density at radius 2 is 1.38 bits per heavy atom. The van der Waals surface area contributed by atoms with Gasteiger partial charge in [-0.3, -0.25) is 4.79 Å². The summed E-state index contributed by atoms with van der Waals surface area (Å²) in [6, 6.07) is 7.50. The Hall–Kier alpha value is -1.29. The molecule has 0 spiro atoms. The number of carbonyl (C=O) groups excluding carboxylic acids is 1. The van der Waals surface area contributed by atoms with Gasteiger partial charge in [0.05, 0.1) is 0 Å². The second-order valence-electron chi connectivity index (χ2n) is 4.72. The topological polar surface area (TPSA) is 23.6 Å². The van der Waals surface area contributed by atoms with Crippen molar-refractivity contribution >= 4 is 21.7 Å². The largest absolute Gasteiger partial charge is 0.359 e. The molecule has 0 aliphatic carbocycles. The molecule has 116 valence electrons. The van der Waals surface area contributed by atoms with Gasteiger partial charge >= 0.3 is 0 Å². The fourth-order valence-corrected chi connectivity index (χ4v) is 2.56. The quantitative estimate of drug-likeness (QED) is 0.518. The van der Waals surface area contributed by atoms with E-state index in [0.29, 0.717) is 0 Å². The van der Waals surface area contributed by atoms with E-state index in [4.69, 9.17) is 0 Å². The van der Waals surface area contributed by atoms with Gasteiger partial charge in [-0.05, 0) is 52.0 Å². The van der Waals surface area contributed by atoms with Crippen molar-refractivity contribution in [2.75, 3.05) is 26.2 Å². The lowest BCUT2D eigenvalue weighted by Crippen LogP contribution is -2.36. The Morgan fingerprint density at radius 1 is 0.952 bits per heavy atom. The van der Waals surface area contributed by atoms with Crippen molar-refractivity contribution in [2.24, 2.45) is 0 Å². The minimum atomic E-state index is 0.0521. The first-order valence-corrected chi connectivity index (χ1v) is 8.38. The van der Waals surface area contributed by atoms with E-state index >= 15 is 0 Å². The van der Waals surface area contributed by atoms with Crippen LogP contribution >= 0.6 is 15.9 Å². The number of hydrogen-bond donors (Lipinski definition) is 0. The number of carbonyl (C=O) groups is 1. The highest BCUT2D eigenvalue weighted by Crippen LogP contribution is 2.15. The highest BCUT2D eigenvalue weighted by atomic mass is 79.9. The zero-order chi connectivity index (χ0) is 15.8. The lowest BCUT2D eigenvalue weighted by Gasteiger charge is -2.33. The maximum absolute atomic E-state index is 12.5. The van der Waals surface area contributed by atoms with Crippen LogP contribution in [0.25, 0.3) is 0 Å². The van der Waals surface area contributed by atoms with E-state index in [-0.39, 0.29) is 5.78 Å². The van der Waals surface area contributed by atoms with Crippen LogP contribution in [0.1, 0.15) is 38.1 Å². The van der Waals surface area contributed by atoms with Crippen LogP contribution in [0.2, 0.25) is 0 Å². The fraction of sp³-hybridized carbons (Fsp3) is 0.471. The molecule has 0 unspecified atom stereocenters. The van der Waals surface area contributed by atoms with Gasteiger partial charge in [0, 0.05) is 42.3 Å². The molecule has 0 bridgehead atoms. The molecule has 1 aromatic rings. The summed E-state index contributed by atoms with van der Waals surface area (Å²) in [7, 11) is 0. The van der Waals surface area contributed by atoms with Crippen LogP contribution in [0.15, 0.2) is 40.6 Å². The molecule has 0 radical (unpaired) electrons. The van der Waals surface area contributed by atoms with Gasteiger partial charge in [-0.2, -0.15) is 0 Å². The molecule has 0 aromatic heterocycles. The molecule has 4 heteroatoms. The first-order valence-electron chi connectivity index (χ1n) is 7.58. The summed E-state index contributed by atoms with van der Waals surface area (Å²) in [5.74, 6) is 1.06. The van der Waals surface area contributed by atoms with Gasteiger partial charge in [-0.25, -0.2) is 0 Å². The van der Waals surface area contributed by atoms with E-state index in [9.17, 15) is 4.79 Å². The van der Waals surface area contributed by atoms with E-state index < -0.39 is 0 Å². The monoisotopic (exact) mass is 352 g/mol. The fourth-order valence-electron chi connectivity index (χ4n) is 2.29. The molecule has 3 nitrogen and oxygen atoms in total. The lowest BCUT2D eigenvalue weighted by atomic mass is 10.1. The molecular weight excluding hydrogens is 328 g/mol. The minimum absolute atomic E-state index is 0.0521. The number of rotatable bonds is 8. The molecule has 0 aliphatic rings. The summed E-state index contributed by atoms with van der Waals surface area (Å²) in [6.45, 7) is 12.0. The summed E-state index contributed by atoms with van der Waals surface area (Å²) in [6.07, 6.45) is 1.77. The van der Waals surface area contributed by atoms with Crippen molar-refractivity contribution < 1.29 is 4.79 Å². The van der Waals surface area contributed by atoms with Crippen molar-refractivity contribution in [2.45, 2.75) is 27.7 Å². The van der Waals surface area contributed by atoms with Crippen LogP contribution in [-0.2, 0) is 0 Å². The Bertz CT molecular complexity index is 460. The van der Waals surface area contributed by atoms with Crippen LogP contribution < -0.4 is 0 Å². The van der Waals surface area contributed by atoms with Gasteiger partial charge in [0.2, 0.25) is 0 Å². The molecule has 0 fully saturated rings. The molecular formula is C17H25BrN2O. The van der Waals surface area contributed by atoms with E-state index in [2.05, 4.69) is 53.4 Å². The first kappa shape index (κ1) is 17.8. The maximum Gasteiger partial charge on any atom is 0.189 e. The summed E-state index contributed by atoms with van der Waals surface area (Å²) in [4.78, 5) is 16.9. The standard InChI is InChI=1S/C17H25BrN2O/c1-5-19(6-2)17(20(7-3)8-4)13-16(21)14-9-11-15(18)12-10-14/h9-13H,5-8H2,1-4H3. The highest BCUT2D eigenvalue weighted by molar-refractivity contribution is 9.10. The summed E-state index contributed by atoms with van der Waals surface area (Å²) in [5.41, 5.74) is 0.718. The average Bonchev–Trinajstić information content (AvgIpc) is 2.50. The van der Waals surface area contributed by atoms with Crippen molar-refractivity contribution in [3.63, 3.8) is 0 Å². The van der Waals surface area contributed by atoms with E-state index in [0.717, 1.165) is 42.0 Å². The average molecular weight is 353 g/mol. The van der Waals surface area contributed by atoms with Gasteiger partial charge < -0.3 is 9.80 Å². The van der Waals surface area contributed by atoms with Gasteiger partial charge in [0.1, 0.15) is 5.82 Å². The second-order valence-corrected chi connectivity index (χ2v) is 5.63. The van der Waals surface area contributed by atoms with Gasteiger partial charge in [-0.1, -0.05) is 15.9 Å². The Kier molecular flexibility index (Phi) is 7.51. The molecule has 0 N–H and O–H groups in total. The third-order valence-electron chi connectivity index (χ3n) is 3.56. The third-order valence-corrected chi connectivity index (χ3v) is 4.09. The van der Waals surface area contributed by atoms with Crippen molar-refractivity contribution in [3.8, 4) is 0 Å².